The molecular weight excluding hydrogens is 314 g/mol. The summed E-state index contributed by atoms with van der Waals surface area (Å²) < 4.78 is 10.8. The fourth-order valence-electron chi connectivity index (χ4n) is 1.98. The minimum absolute atomic E-state index is 0.0930. The highest BCUT2D eigenvalue weighted by atomic mass is 32.1. The Bertz CT molecular complexity index is 766. The maximum atomic E-state index is 12.1. The normalized spacial score (nSPS) is 10.5. The topological polar surface area (TPSA) is 77.2 Å². The van der Waals surface area contributed by atoms with Gasteiger partial charge in [0.1, 0.15) is 5.75 Å². The highest BCUT2D eigenvalue weighted by molar-refractivity contribution is 7.09. The summed E-state index contributed by atoms with van der Waals surface area (Å²) in [5, 5.41) is 12.4. The molecule has 7 heteroatoms. The summed E-state index contributed by atoms with van der Waals surface area (Å²) in [6.07, 6.45) is 0.559. The third kappa shape index (κ3) is 3.95. The number of amides is 1. The molecule has 0 aliphatic heterocycles. The number of thiophene rings is 1. The van der Waals surface area contributed by atoms with E-state index in [1.54, 1.807) is 35.6 Å². The molecule has 1 aromatic carbocycles. The molecule has 1 amide bonds. The molecule has 0 unspecified atom stereocenters. The molecule has 0 bridgehead atoms. The Balaban J connectivity index is 1.62. The lowest BCUT2D eigenvalue weighted by Crippen LogP contribution is -2.12. The van der Waals surface area contributed by atoms with Crippen molar-refractivity contribution in [2.75, 3.05) is 11.9 Å². The van der Waals surface area contributed by atoms with Crippen molar-refractivity contribution in [3.63, 3.8) is 0 Å². The van der Waals surface area contributed by atoms with E-state index in [4.69, 9.17) is 9.15 Å². The maximum Gasteiger partial charge on any atom is 0.322 e. The zero-order valence-corrected chi connectivity index (χ0v) is 13.3. The van der Waals surface area contributed by atoms with E-state index >= 15 is 0 Å². The van der Waals surface area contributed by atoms with Crippen LogP contribution in [0.5, 0.6) is 5.75 Å². The predicted molar refractivity (Wildman–Crippen MR) is 87.0 cm³/mol. The molecule has 0 spiro atoms. The van der Waals surface area contributed by atoms with Crippen LogP contribution in [-0.2, 0) is 6.42 Å². The highest BCUT2D eigenvalue weighted by Gasteiger charge is 2.12. The summed E-state index contributed by atoms with van der Waals surface area (Å²) in [6.45, 7) is 2.49. The second-order valence-corrected chi connectivity index (χ2v) is 5.70. The van der Waals surface area contributed by atoms with Gasteiger partial charge in [-0.2, -0.15) is 0 Å². The van der Waals surface area contributed by atoms with Gasteiger partial charge in [0.25, 0.3) is 5.91 Å². The molecule has 0 saturated carbocycles. The van der Waals surface area contributed by atoms with Gasteiger partial charge >= 0.3 is 6.01 Å². The molecular formula is C16H15N3O3S. The second kappa shape index (κ2) is 7.06. The molecule has 2 aromatic heterocycles. The minimum atomic E-state index is -0.306. The monoisotopic (exact) mass is 329 g/mol. The number of anilines is 1. The fraction of sp³-hybridized carbons (Fsp3) is 0.188. The summed E-state index contributed by atoms with van der Waals surface area (Å²) in [4.78, 5) is 13.3. The molecule has 0 aliphatic carbocycles. The molecule has 118 valence electrons. The molecule has 6 nitrogen and oxygen atoms in total. The SMILES string of the molecule is CCOc1ccc(C(=O)Nc2nnc(Cc3cccs3)o2)cc1. The molecule has 0 saturated heterocycles. The number of nitrogens with one attached hydrogen (secondary N) is 1. The maximum absolute atomic E-state index is 12.1. The first kappa shape index (κ1) is 15.2. The molecule has 3 aromatic rings. The van der Waals surface area contributed by atoms with Gasteiger partial charge in [0, 0.05) is 10.4 Å². The lowest BCUT2D eigenvalue weighted by molar-refractivity contribution is 0.102. The van der Waals surface area contributed by atoms with Crippen LogP contribution >= 0.6 is 11.3 Å². The summed E-state index contributed by atoms with van der Waals surface area (Å²) >= 11 is 1.62. The van der Waals surface area contributed by atoms with Crippen molar-refractivity contribution in [2.45, 2.75) is 13.3 Å². The largest absolute Gasteiger partial charge is 0.494 e. The van der Waals surface area contributed by atoms with Crippen molar-refractivity contribution >= 4 is 23.3 Å². The van der Waals surface area contributed by atoms with Crippen LogP contribution in [0.4, 0.5) is 6.01 Å². The van der Waals surface area contributed by atoms with Gasteiger partial charge in [0.05, 0.1) is 13.0 Å². The van der Waals surface area contributed by atoms with Crippen LogP contribution in [-0.4, -0.2) is 22.7 Å². The minimum Gasteiger partial charge on any atom is -0.494 e. The van der Waals surface area contributed by atoms with Gasteiger partial charge in [-0.25, -0.2) is 0 Å². The van der Waals surface area contributed by atoms with Gasteiger partial charge in [-0.3, -0.25) is 10.1 Å². The number of hydrogen-bond acceptors (Lipinski definition) is 6. The summed E-state index contributed by atoms with van der Waals surface area (Å²) in [5.74, 6) is 0.883. The number of nitrogens with zero attached hydrogens (tertiary/aromatic N) is 2. The zero-order valence-electron chi connectivity index (χ0n) is 12.5. The third-order valence-electron chi connectivity index (χ3n) is 3.02. The number of carbonyl (C=O) groups is 1. The van der Waals surface area contributed by atoms with Gasteiger partial charge in [0.15, 0.2) is 0 Å². The van der Waals surface area contributed by atoms with Crippen molar-refractivity contribution < 1.29 is 13.9 Å². The lowest BCUT2D eigenvalue weighted by atomic mass is 10.2. The Morgan fingerprint density at radius 2 is 2.09 bits per heavy atom. The van der Waals surface area contributed by atoms with E-state index in [2.05, 4.69) is 15.5 Å². The average molecular weight is 329 g/mol. The van der Waals surface area contributed by atoms with E-state index in [-0.39, 0.29) is 11.9 Å². The summed E-state index contributed by atoms with van der Waals surface area (Å²) in [6, 6.07) is 10.9. The smallest absolute Gasteiger partial charge is 0.322 e. The third-order valence-corrected chi connectivity index (χ3v) is 3.90. The molecule has 23 heavy (non-hydrogen) atoms. The number of aromatic nitrogens is 2. The molecule has 0 fully saturated rings. The van der Waals surface area contributed by atoms with E-state index in [0.717, 1.165) is 10.6 Å². The fourth-order valence-corrected chi connectivity index (χ4v) is 2.67. The molecule has 0 aliphatic rings. The van der Waals surface area contributed by atoms with E-state index in [9.17, 15) is 4.79 Å². The first-order valence-electron chi connectivity index (χ1n) is 7.13. The zero-order chi connectivity index (χ0) is 16.1. The van der Waals surface area contributed by atoms with Crippen LogP contribution in [0.2, 0.25) is 0 Å². The lowest BCUT2D eigenvalue weighted by Gasteiger charge is -2.04. The average Bonchev–Trinajstić information content (AvgIpc) is 3.21. The highest BCUT2D eigenvalue weighted by Crippen LogP contribution is 2.17. The Hall–Kier alpha value is -2.67. The Kier molecular flexibility index (Phi) is 4.68. The van der Waals surface area contributed by atoms with Crippen LogP contribution in [0.3, 0.4) is 0 Å². The van der Waals surface area contributed by atoms with Gasteiger partial charge in [0.2, 0.25) is 5.89 Å². The molecule has 2 heterocycles. The molecule has 0 radical (unpaired) electrons. The molecule has 1 N–H and O–H groups in total. The quantitative estimate of drug-likeness (QED) is 0.750. The van der Waals surface area contributed by atoms with Crippen molar-refractivity contribution in [2.24, 2.45) is 0 Å². The van der Waals surface area contributed by atoms with Gasteiger partial charge in [-0.05, 0) is 42.6 Å². The van der Waals surface area contributed by atoms with Crippen molar-refractivity contribution in [3.8, 4) is 5.75 Å². The van der Waals surface area contributed by atoms with Crippen molar-refractivity contribution in [1.82, 2.24) is 10.2 Å². The van der Waals surface area contributed by atoms with E-state index in [1.165, 1.54) is 0 Å². The number of benzene rings is 1. The van der Waals surface area contributed by atoms with Gasteiger partial charge < -0.3 is 9.15 Å². The number of carbonyl (C=O) groups excluding carboxylic acids is 1. The van der Waals surface area contributed by atoms with Crippen LogP contribution in [0.1, 0.15) is 28.0 Å². The van der Waals surface area contributed by atoms with Crippen LogP contribution < -0.4 is 10.1 Å². The first-order chi connectivity index (χ1) is 11.2. The predicted octanol–water partition coefficient (Wildman–Crippen LogP) is 3.37. The number of ether oxygens (including phenoxy) is 1. The summed E-state index contributed by atoms with van der Waals surface area (Å²) in [7, 11) is 0. The van der Waals surface area contributed by atoms with Gasteiger partial charge in [-0.15, -0.1) is 16.4 Å². The summed E-state index contributed by atoms with van der Waals surface area (Å²) in [5.41, 5.74) is 0.492. The Morgan fingerprint density at radius 3 is 2.78 bits per heavy atom. The number of rotatable bonds is 6. The molecule has 0 atom stereocenters. The van der Waals surface area contributed by atoms with Crippen LogP contribution in [0, 0.1) is 0 Å². The van der Waals surface area contributed by atoms with E-state index in [0.29, 0.717) is 24.5 Å². The van der Waals surface area contributed by atoms with Crippen molar-refractivity contribution in [1.29, 1.82) is 0 Å². The van der Waals surface area contributed by atoms with Crippen molar-refractivity contribution in [3.05, 3.63) is 58.1 Å². The Labute approximate surface area is 137 Å². The second-order valence-electron chi connectivity index (χ2n) is 4.67. The van der Waals surface area contributed by atoms with Crippen LogP contribution in [0.25, 0.3) is 0 Å². The number of hydrogen-bond donors (Lipinski definition) is 1. The Morgan fingerprint density at radius 1 is 1.26 bits per heavy atom. The molecule has 3 rings (SSSR count). The van der Waals surface area contributed by atoms with Gasteiger partial charge in [-0.1, -0.05) is 11.2 Å². The van der Waals surface area contributed by atoms with E-state index < -0.39 is 0 Å². The van der Waals surface area contributed by atoms with Crippen LogP contribution in [0.15, 0.2) is 46.2 Å². The van der Waals surface area contributed by atoms with E-state index in [1.807, 2.05) is 24.4 Å². The first-order valence-corrected chi connectivity index (χ1v) is 8.01. The standard InChI is InChI=1S/C16H15N3O3S/c1-2-21-12-7-5-11(6-8-12)15(20)17-16-19-18-14(22-16)10-13-4-3-9-23-13/h3-9H,2,10H2,1H3,(H,17,19,20).